The fourth-order valence-electron chi connectivity index (χ4n) is 2.02. The monoisotopic (exact) mass is 311 g/mol. The van der Waals surface area contributed by atoms with Crippen LogP contribution in [0.4, 0.5) is 0 Å². The first-order chi connectivity index (χ1) is 10.6. The van der Waals surface area contributed by atoms with E-state index in [4.69, 9.17) is 10.00 Å². The zero-order chi connectivity index (χ0) is 15.9. The minimum atomic E-state index is -0.281. The maximum absolute atomic E-state index is 11.6. The van der Waals surface area contributed by atoms with Crippen molar-refractivity contribution in [2.24, 2.45) is 0 Å². The molecule has 0 aromatic heterocycles. The summed E-state index contributed by atoms with van der Waals surface area (Å²) in [6, 6.07) is 18.0. The van der Waals surface area contributed by atoms with Crippen LogP contribution in [-0.2, 0) is 16.0 Å². The van der Waals surface area contributed by atoms with Gasteiger partial charge in [-0.3, -0.25) is 4.79 Å². The first-order valence-corrected chi connectivity index (χ1v) is 7.78. The third-order valence-corrected chi connectivity index (χ3v) is 4.44. The summed E-state index contributed by atoms with van der Waals surface area (Å²) >= 11 is 1.60. The van der Waals surface area contributed by atoms with Gasteiger partial charge < -0.3 is 4.74 Å². The molecule has 0 radical (unpaired) electrons. The van der Waals surface area contributed by atoms with Crippen molar-refractivity contribution in [1.82, 2.24) is 0 Å². The lowest BCUT2D eigenvalue weighted by Crippen LogP contribution is -2.06. The SMILES string of the molecule is COC(=O)Cc1cc(C(C)C#N)ccc1Sc1ccccc1. The van der Waals surface area contributed by atoms with Crippen molar-refractivity contribution >= 4 is 17.7 Å². The van der Waals surface area contributed by atoms with Gasteiger partial charge in [0, 0.05) is 9.79 Å². The molecule has 0 amide bonds. The van der Waals surface area contributed by atoms with Crippen LogP contribution in [0.25, 0.3) is 0 Å². The molecule has 3 nitrogen and oxygen atoms in total. The molecule has 0 bridgehead atoms. The number of hydrogen-bond donors (Lipinski definition) is 0. The zero-order valence-corrected chi connectivity index (χ0v) is 13.4. The maximum Gasteiger partial charge on any atom is 0.310 e. The number of esters is 1. The summed E-state index contributed by atoms with van der Waals surface area (Å²) in [5, 5.41) is 9.06. The summed E-state index contributed by atoms with van der Waals surface area (Å²) in [6.07, 6.45) is 0.206. The molecule has 1 unspecified atom stereocenters. The molecule has 2 aromatic carbocycles. The quantitative estimate of drug-likeness (QED) is 0.777. The predicted octanol–water partition coefficient (Wildman–Crippen LogP) is 4.18. The molecular formula is C18H17NO2S. The van der Waals surface area contributed by atoms with E-state index in [1.165, 1.54) is 7.11 Å². The van der Waals surface area contributed by atoms with Crippen LogP contribution in [-0.4, -0.2) is 13.1 Å². The summed E-state index contributed by atoms with van der Waals surface area (Å²) in [5.74, 6) is -0.483. The number of benzene rings is 2. The Morgan fingerprint density at radius 1 is 1.27 bits per heavy atom. The molecule has 2 rings (SSSR count). The van der Waals surface area contributed by atoms with Crippen molar-refractivity contribution in [3.05, 3.63) is 59.7 Å². The molecule has 0 aliphatic rings. The molecule has 0 saturated heterocycles. The lowest BCUT2D eigenvalue weighted by molar-refractivity contribution is -0.139. The Labute approximate surface area is 134 Å². The summed E-state index contributed by atoms with van der Waals surface area (Å²) < 4.78 is 4.77. The van der Waals surface area contributed by atoms with Gasteiger partial charge in [-0.25, -0.2) is 0 Å². The minimum Gasteiger partial charge on any atom is -0.469 e. The molecular weight excluding hydrogens is 294 g/mol. The first-order valence-electron chi connectivity index (χ1n) is 6.96. The van der Waals surface area contributed by atoms with Gasteiger partial charge in [0.15, 0.2) is 0 Å². The van der Waals surface area contributed by atoms with Crippen molar-refractivity contribution in [2.75, 3.05) is 7.11 Å². The molecule has 0 N–H and O–H groups in total. The van der Waals surface area contributed by atoms with Crippen molar-refractivity contribution in [2.45, 2.75) is 29.1 Å². The van der Waals surface area contributed by atoms with Gasteiger partial charge in [0.1, 0.15) is 0 Å². The van der Waals surface area contributed by atoms with E-state index >= 15 is 0 Å². The zero-order valence-electron chi connectivity index (χ0n) is 12.6. The third kappa shape index (κ3) is 4.12. The molecule has 112 valence electrons. The van der Waals surface area contributed by atoms with Crippen LogP contribution >= 0.6 is 11.8 Å². The molecule has 2 aromatic rings. The summed E-state index contributed by atoms with van der Waals surface area (Å²) in [5.41, 5.74) is 1.80. The molecule has 1 atom stereocenters. The number of nitrogens with zero attached hydrogens (tertiary/aromatic N) is 1. The minimum absolute atomic E-state index is 0.202. The van der Waals surface area contributed by atoms with Gasteiger partial charge in [0.2, 0.25) is 0 Å². The number of methoxy groups -OCH3 is 1. The van der Waals surface area contributed by atoms with Crippen molar-refractivity contribution in [3.63, 3.8) is 0 Å². The predicted molar refractivity (Wildman–Crippen MR) is 86.8 cm³/mol. The largest absolute Gasteiger partial charge is 0.469 e. The van der Waals surface area contributed by atoms with Gasteiger partial charge in [-0.05, 0) is 36.2 Å². The second-order valence-corrected chi connectivity index (χ2v) is 6.00. The van der Waals surface area contributed by atoms with Crippen LogP contribution in [0.1, 0.15) is 24.0 Å². The Hall–Kier alpha value is -2.25. The maximum atomic E-state index is 11.6. The lowest BCUT2D eigenvalue weighted by atomic mass is 9.99. The third-order valence-electron chi connectivity index (χ3n) is 3.31. The normalized spacial score (nSPS) is 11.5. The highest BCUT2D eigenvalue weighted by Gasteiger charge is 2.13. The van der Waals surface area contributed by atoms with Crippen LogP contribution in [0.3, 0.4) is 0 Å². The Balaban J connectivity index is 2.35. The van der Waals surface area contributed by atoms with E-state index in [1.807, 2.05) is 55.5 Å². The second kappa shape index (κ2) is 7.67. The van der Waals surface area contributed by atoms with E-state index in [0.717, 1.165) is 20.9 Å². The number of rotatable bonds is 5. The Morgan fingerprint density at radius 3 is 2.64 bits per heavy atom. The van der Waals surface area contributed by atoms with Crippen LogP contribution < -0.4 is 0 Å². The van der Waals surface area contributed by atoms with Gasteiger partial charge in [-0.2, -0.15) is 5.26 Å². The number of carbonyl (C=O) groups excluding carboxylic acids is 1. The highest BCUT2D eigenvalue weighted by molar-refractivity contribution is 7.99. The van der Waals surface area contributed by atoms with Gasteiger partial charge in [0.25, 0.3) is 0 Å². The Morgan fingerprint density at radius 2 is 2.00 bits per heavy atom. The highest BCUT2D eigenvalue weighted by Crippen LogP contribution is 2.32. The van der Waals surface area contributed by atoms with Crippen LogP contribution in [0, 0.1) is 11.3 Å². The van der Waals surface area contributed by atoms with Gasteiger partial charge in [0.05, 0.1) is 25.5 Å². The molecule has 0 fully saturated rings. The topological polar surface area (TPSA) is 50.1 Å². The van der Waals surface area contributed by atoms with Crippen molar-refractivity contribution < 1.29 is 9.53 Å². The van der Waals surface area contributed by atoms with Gasteiger partial charge in [-0.1, -0.05) is 42.1 Å². The van der Waals surface area contributed by atoms with Gasteiger partial charge in [-0.15, -0.1) is 0 Å². The molecule has 22 heavy (non-hydrogen) atoms. The lowest BCUT2D eigenvalue weighted by Gasteiger charge is -2.12. The summed E-state index contributed by atoms with van der Waals surface area (Å²) in [7, 11) is 1.38. The van der Waals surface area contributed by atoms with Gasteiger partial charge >= 0.3 is 5.97 Å². The molecule has 0 aliphatic heterocycles. The summed E-state index contributed by atoms with van der Waals surface area (Å²) in [6.45, 7) is 1.85. The van der Waals surface area contributed by atoms with E-state index in [2.05, 4.69) is 6.07 Å². The van der Waals surface area contributed by atoms with Crippen LogP contribution in [0.15, 0.2) is 58.3 Å². The molecule has 4 heteroatoms. The average molecular weight is 311 g/mol. The smallest absolute Gasteiger partial charge is 0.310 e. The van der Waals surface area contributed by atoms with E-state index in [1.54, 1.807) is 11.8 Å². The van der Waals surface area contributed by atoms with Crippen LogP contribution in [0.5, 0.6) is 0 Å². The van der Waals surface area contributed by atoms with Crippen molar-refractivity contribution in [3.8, 4) is 6.07 Å². The molecule has 0 spiro atoms. The van der Waals surface area contributed by atoms with Crippen LogP contribution in [0.2, 0.25) is 0 Å². The van der Waals surface area contributed by atoms with E-state index in [9.17, 15) is 4.79 Å². The van der Waals surface area contributed by atoms with E-state index in [-0.39, 0.29) is 18.3 Å². The number of carbonyl (C=O) groups is 1. The highest BCUT2D eigenvalue weighted by atomic mass is 32.2. The standard InChI is InChI=1S/C18H17NO2S/c1-13(12-19)14-8-9-17(15(10-14)11-18(20)21-2)22-16-6-4-3-5-7-16/h3-10,13H,11H2,1-2H3. The fourth-order valence-corrected chi connectivity index (χ4v) is 2.97. The molecule has 0 heterocycles. The number of hydrogen-bond acceptors (Lipinski definition) is 4. The Kier molecular flexibility index (Phi) is 5.62. The summed E-state index contributed by atoms with van der Waals surface area (Å²) in [4.78, 5) is 13.8. The second-order valence-electron chi connectivity index (χ2n) is 4.89. The number of nitriles is 1. The molecule has 0 aliphatic carbocycles. The van der Waals surface area contributed by atoms with Crippen molar-refractivity contribution in [1.29, 1.82) is 5.26 Å². The molecule has 0 saturated carbocycles. The first kappa shape index (κ1) is 16.1. The Bertz CT molecular complexity index is 692. The number of ether oxygens (including phenoxy) is 1. The average Bonchev–Trinajstić information content (AvgIpc) is 2.56. The van der Waals surface area contributed by atoms with E-state index < -0.39 is 0 Å². The van der Waals surface area contributed by atoms with E-state index in [0.29, 0.717) is 0 Å². The fraction of sp³-hybridized carbons (Fsp3) is 0.222.